The van der Waals surface area contributed by atoms with Crippen LogP contribution in [0.2, 0.25) is 0 Å². The highest BCUT2D eigenvalue weighted by Crippen LogP contribution is 2.28. The second-order valence-electron chi connectivity index (χ2n) is 7.84. The Kier molecular flexibility index (Phi) is 5.99. The number of aryl methyl sites for hydroxylation is 3. The molecule has 0 aliphatic rings. The van der Waals surface area contributed by atoms with Gasteiger partial charge in [-0.05, 0) is 31.6 Å². The number of ether oxygens (including phenoxy) is 1. The first kappa shape index (κ1) is 22.3. The summed E-state index contributed by atoms with van der Waals surface area (Å²) in [4.78, 5) is 18.9. The lowest BCUT2D eigenvalue weighted by atomic mass is 10.1. The van der Waals surface area contributed by atoms with Gasteiger partial charge in [0, 0.05) is 26.7 Å². The summed E-state index contributed by atoms with van der Waals surface area (Å²) >= 11 is 0. The van der Waals surface area contributed by atoms with E-state index in [0.29, 0.717) is 30.4 Å². The maximum Gasteiger partial charge on any atom is 0.272 e. The molecule has 4 rings (SSSR count). The van der Waals surface area contributed by atoms with E-state index in [4.69, 9.17) is 4.74 Å². The van der Waals surface area contributed by atoms with Crippen LogP contribution in [0.15, 0.2) is 31.1 Å². The number of likely N-dealkylation sites (N-methyl/N-ethyl adjacent to an activating group) is 1. The zero-order valence-electron chi connectivity index (χ0n) is 19.6. The van der Waals surface area contributed by atoms with Crippen LogP contribution in [0.4, 0.5) is 0 Å². The molecule has 0 aliphatic heterocycles. The molecule has 172 valence electrons. The Balaban J connectivity index is 1.49. The zero-order chi connectivity index (χ0) is 23.7. The van der Waals surface area contributed by atoms with Gasteiger partial charge in [-0.2, -0.15) is 15.3 Å². The third-order valence-corrected chi connectivity index (χ3v) is 5.69. The van der Waals surface area contributed by atoms with Crippen LogP contribution >= 0.6 is 0 Å². The molecule has 0 saturated carbocycles. The molecule has 0 unspecified atom stereocenters. The molecule has 0 N–H and O–H groups in total. The molecule has 0 fully saturated rings. The van der Waals surface area contributed by atoms with Crippen LogP contribution < -0.4 is 4.74 Å². The number of rotatable bonds is 8. The van der Waals surface area contributed by atoms with Gasteiger partial charge in [0.15, 0.2) is 5.65 Å². The largest absolute Gasteiger partial charge is 0.475 e. The summed E-state index contributed by atoms with van der Waals surface area (Å²) in [5.41, 5.74) is 5.46. The number of aromatic nitrogens is 7. The zero-order valence-corrected chi connectivity index (χ0v) is 19.6. The molecule has 4 aromatic rings. The van der Waals surface area contributed by atoms with Crippen LogP contribution in [-0.2, 0) is 20.5 Å². The molecule has 0 atom stereocenters. The SMILES string of the molecule is C=Cc1cnc2ccc(-c3cnn(C)c3OCCN(C)C(=O)c3c(C)c(CC)nn3C)nn12. The van der Waals surface area contributed by atoms with Crippen molar-refractivity contribution in [2.24, 2.45) is 14.1 Å². The third kappa shape index (κ3) is 3.99. The van der Waals surface area contributed by atoms with Gasteiger partial charge in [-0.3, -0.25) is 9.48 Å². The maximum absolute atomic E-state index is 13.0. The molecular formula is C23H28N8O2. The van der Waals surface area contributed by atoms with E-state index in [2.05, 4.69) is 26.9 Å². The summed E-state index contributed by atoms with van der Waals surface area (Å²) in [5.74, 6) is 0.494. The van der Waals surface area contributed by atoms with E-state index in [1.807, 2.05) is 33.0 Å². The lowest BCUT2D eigenvalue weighted by molar-refractivity contribution is 0.0760. The number of amides is 1. The van der Waals surface area contributed by atoms with Crippen molar-refractivity contribution in [1.29, 1.82) is 0 Å². The minimum absolute atomic E-state index is 0.0831. The average molecular weight is 449 g/mol. The molecule has 0 saturated heterocycles. The fraction of sp³-hybridized carbons (Fsp3) is 0.348. The Bertz CT molecular complexity index is 1330. The molecule has 10 nitrogen and oxygen atoms in total. The van der Waals surface area contributed by atoms with Crippen LogP contribution in [0.5, 0.6) is 5.88 Å². The van der Waals surface area contributed by atoms with Crippen molar-refractivity contribution in [3.05, 3.63) is 53.8 Å². The number of nitrogens with zero attached hydrogens (tertiary/aromatic N) is 8. The Morgan fingerprint density at radius 3 is 2.70 bits per heavy atom. The van der Waals surface area contributed by atoms with Crippen molar-refractivity contribution >= 4 is 17.6 Å². The summed E-state index contributed by atoms with van der Waals surface area (Å²) in [7, 11) is 5.37. The summed E-state index contributed by atoms with van der Waals surface area (Å²) in [6.45, 7) is 8.49. The van der Waals surface area contributed by atoms with Gasteiger partial charge >= 0.3 is 0 Å². The Labute approximate surface area is 192 Å². The summed E-state index contributed by atoms with van der Waals surface area (Å²) in [5, 5.41) is 13.4. The predicted octanol–water partition coefficient (Wildman–Crippen LogP) is 2.53. The van der Waals surface area contributed by atoms with Crippen molar-refractivity contribution in [3.8, 4) is 17.1 Å². The minimum atomic E-state index is -0.0831. The summed E-state index contributed by atoms with van der Waals surface area (Å²) in [6.07, 6.45) is 5.93. The monoisotopic (exact) mass is 448 g/mol. The first-order chi connectivity index (χ1) is 15.8. The summed E-state index contributed by atoms with van der Waals surface area (Å²) < 4.78 is 11.1. The molecule has 0 spiro atoms. The highest BCUT2D eigenvalue weighted by Gasteiger charge is 2.22. The average Bonchev–Trinajstić information content (AvgIpc) is 3.47. The van der Waals surface area contributed by atoms with Gasteiger partial charge in [-0.25, -0.2) is 14.2 Å². The van der Waals surface area contributed by atoms with Crippen LogP contribution in [0.3, 0.4) is 0 Å². The second kappa shape index (κ2) is 8.89. The molecule has 1 amide bonds. The molecule has 0 radical (unpaired) electrons. The number of carbonyl (C=O) groups is 1. The van der Waals surface area contributed by atoms with E-state index in [1.54, 1.807) is 51.3 Å². The Morgan fingerprint density at radius 2 is 2.00 bits per heavy atom. The fourth-order valence-corrected chi connectivity index (χ4v) is 3.83. The molecule has 0 bridgehead atoms. The van der Waals surface area contributed by atoms with Gasteiger partial charge in [-0.1, -0.05) is 13.5 Å². The number of hydrogen-bond donors (Lipinski definition) is 0. The number of fused-ring (bicyclic) bond motifs is 1. The van der Waals surface area contributed by atoms with E-state index in [9.17, 15) is 4.79 Å². The van der Waals surface area contributed by atoms with Crippen molar-refractivity contribution in [2.45, 2.75) is 20.3 Å². The van der Waals surface area contributed by atoms with Crippen LogP contribution in [0.1, 0.15) is 34.4 Å². The fourth-order valence-electron chi connectivity index (χ4n) is 3.83. The highest BCUT2D eigenvalue weighted by atomic mass is 16.5. The van der Waals surface area contributed by atoms with E-state index in [1.165, 1.54) is 0 Å². The Hall–Kier alpha value is -3.95. The number of imidazole rings is 1. The first-order valence-corrected chi connectivity index (χ1v) is 10.8. The number of hydrogen-bond acceptors (Lipinski definition) is 6. The highest BCUT2D eigenvalue weighted by molar-refractivity contribution is 5.94. The first-order valence-electron chi connectivity index (χ1n) is 10.8. The molecule has 10 heteroatoms. The van der Waals surface area contributed by atoms with Gasteiger partial charge in [-0.15, -0.1) is 0 Å². The van der Waals surface area contributed by atoms with Crippen LogP contribution in [0, 0.1) is 6.92 Å². The van der Waals surface area contributed by atoms with E-state index in [-0.39, 0.29) is 5.91 Å². The molecule has 4 heterocycles. The van der Waals surface area contributed by atoms with Gasteiger partial charge in [0.1, 0.15) is 12.3 Å². The van der Waals surface area contributed by atoms with Crippen molar-refractivity contribution in [3.63, 3.8) is 0 Å². The molecule has 0 aliphatic carbocycles. The van der Waals surface area contributed by atoms with Crippen LogP contribution in [-0.4, -0.2) is 65.2 Å². The molecular weight excluding hydrogens is 420 g/mol. The third-order valence-electron chi connectivity index (χ3n) is 5.69. The van der Waals surface area contributed by atoms with E-state index in [0.717, 1.165) is 34.6 Å². The lowest BCUT2D eigenvalue weighted by Crippen LogP contribution is -2.32. The normalized spacial score (nSPS) is 11.2. The van der Waals surface area contributed by atoms with E-state index < -0.39 is 0 Å². The minimum Gasteiger partial charge on any atom is -0.475 e. The predicted molar refractivity (Wildman–Crippen MR) is 125 cm³/mol. The van der Waals surface area contributed by atoms with Crippen molar-refractivity contribution in [2.75, 3.05) is 20.2 Å². The molecule has 4 aromatic heterocycles. The van der Waals surface area contributed by atoms with E-state index >= 15 is 0 Å². The molecule has 0 aromatic carbocycles. The second-order valence-corrected chi connectivity index (χ2v) is 7.84. The molecule has 33 heavy (non-hydrogen) atoms. The van der Waals surface area contributed by atoms with Crippen molar-refractivity contribution < 1.29 is 9.53 Å². The standard InChI is InChI=1S/C23H28N8O2/c1-7-16-13-24-20-10-9-19(27-31(16)20)17-14-25-30(6)23(17)33-12-11-28(4)22(32)21-15(3)18(8-2)26-29(21)5/h7,9-10,13-14H,1,8,11-12H2,2-6H3. The Morgan fingerprint density at radius 1 is 1.21 bits per heavy atom. The van der Waals surface area contributed by atoms with Gasteiger partial charge in [0.05, 0.1) is 41.6 Å². The summed E-state index contributed by atoms with van der Waals surface area (Å²) in [6, 6.07) is 3.77. The smallest absolute Gasteiger partial charge is 0.272 e. The van der Waals surface area contributed by atoms with Gasteiger partial charge < -0.3 is 9.64 Å². The van der Waals surface area contributed by atoms with Crippen LogP contribution in [0.25, 0.3) is 23.0 Å². The maximum atomic E-state index is 13.0. The quantitative estimate of drug-likeness (QED) is 0.411. The van der Waals surface area contributed by atoms with Gasteiger partial charge in [0.2, 0.25) is 5.88 Å². The topological polar surface area (TPSA) is 95.4 Å². The lowest BCUT2D eigenvalue weighted by Gasteiger charge is -2.18. The number of carbonyl (C=O) groups excluding carboxylic acids is 1. The van der Waals surface area contributed by atoms with Crippen molar-refractivity contribution in [1.82, 2.24) is 39.1 Å². The van der Waals surface area contributed by atoms with Gasteiger partial charge in [0.25, 0.3) is 5.91 Å².